The molecule has 0 radical (unpaired) electrons. The van der Waals surface area contributed by atoms with Gasteiger partial charge < -0.3 is 10.2 Å². The Kier molecular flexibility index (Phi) is 6.50. The lowest BCUT2D eigenvalue weighted by Gasteiger charge is -2.32. The highest BCUT2D eigenvalue weighted by molar-refractivity contribution is 7.90. The fourth-order valence-electron chi connectivity index (χ4n) is 3.59. The van der Waals surface area contributed by atoms with Crippen molar-refractivity contribution in [1.82, 2.24) is 20.2 Å². The summed E-state index contributed by atoms with van der Waals surface area (Å²) in [5.41, 5.74) is 1.84. The van der Waals surface area contributed by atoms with Crippen LogP contribution in [-0.4, -0.2) is 61.5 Å². The van der Waals surface area contributed by atoms with Crippen LogP contribution in [0.15, 0.2) is 35.4 Å². The monoisotopic (exact) mass is 430 g/mol. The normalized spacial score (nSPS) is 16.9. The van der Waals surface area contributed by atoms with Gasteiger partial charge in [-0.1, -0.05) is 12.1 Å². The smallest absolute Gasteiger partial charge is 0.254 e. The molecular weight excluding hydrogens is 404 g/mol. The number of carbonyl (C=O) groups is 2. The van der Waals surface area contributed by atoms with Crippen LogP contribution in [0.3, 0.4) is 0 Å². The molecule has 9 heteroatoms. The summed E-state index contributed by atoms with van der Waals surface area (Å²) in [6.07, 6.45) is 4.65. The van der Waals surface area contributed by atoms with Crippen LogP contribution in [0.1, 0.15) is 46.2 Å². The number of benzene rings is 1. The van der Waals surface area contributed by atoms with Crippen molar-refractivity contribution in [2.75, 3.05) is 26.4 Å². The molecule has 0 saturated carbocycles. The maximum atomic E-state index is 12.8. The predicted molar refractivity (Wildman–Crippen MR) is 112 cm³/mol. The van der Waals surface area contributed by atoms with Gasteiger partial charge in [-0.05, 0) is 37.5 Å². The van der Waals surface area contributed by atoms with Crippen LogP contribution in [0.4, 0.5) is 0 Å². The Morgan fingerprint density at radius 2 is 1.93 bits per heavy atom. The van der Waals surface area contributed by atoms with Crippen molar-refractivity contribution in [3.63, 3.8) is 0 Å². The second-order valence-electron chi connectivity index (χ2n) is 7.58. The number of likely N-dealkylation sites (tertiary alicyclic amines) is 1. The van der Waals surface area contributed by atoms with Gasteiger partial charge in [0.05, 0.1) is 22.6 Å². The van der Waals surface area contributed by atoms with Crippen LogP contribution in [0.2, 0.25) is 0 Å². The van der Waals surface area contributed by atoms with Gasteiger partial charge in [0.25, 0.3) is 5.91 Å². The van der Waals surface area contributed by atoms with Crippen molar-refractivity contribution in [2.24, 2.45) is 0 Å². The first-order valence-electron chi connectivity index (χ1n) is 9.81. The molecule has 1 aromatic carbocycles. The lowest BCUT2D eigenvalue weighted by Crippen LogP contribution is -2.40. The first kappa shape index (κ1) is 21.9. The highest BCUT2D eigenvalue weighted by Crippen LogP contribution is 2.25. The third kappa shape index (κ3) is 5.02. The molecule has 160 valence electrons. The molecule has 3 rings (SSSR count). The number of nitrogens with zero attached hydrogens (tertiary/aromatic N) is 3. The molecule has 1 aliphatic heterocycles. The van der Waals surface area contributed by atoms with E-state index in [2.05, 4.69) is 15.3 Å². The van der Waals surface area contributed by atoms with E-state index in [-0.39, 0.29) is 29.0 Å². The molecule has 2 heterocycles. The minimum absolute atomic E-state index is 0.00879. The first-order chi connectivity index (χ1) is 14.2. The Labute approximate surface area is 176 Å². The number of aryl methyl sites for hydroxylation is 1. The highest BCUT2D eigenvalue weighted by atomic mass is 32.2. The van der Waals surface area contributed by atoms with Gasteiger partial charge in [-0.3, -0.25) is 9.59 Å². The SMILES string of the molecule is CNC(=O)c1cnc(C2CCCN(C(=O)Cc3ccc(S(C)(=O)=O)cc3)C2)nc1C. The Balaban J connectivity index is 1.67. The topological polar surface area (TPSA) is 109 Å². The number of aromatic nitrogens is 2. The molecule has 1 atom stereocenters. The molecule has 1 fully saturated rings. The maximum Gasteiger partial charge on any atom is 0.254 e. The number of sulfone groups is 1. The average molecular weight is 431 g/mol. The number of piperidine rings is 1. The number of hydrogen-bond acceptors (Lipinski definition) is 6. The Morgan fingerprint density at radius 1 is 1.23 bits per heavy atom. The van der Waals surface area contributed by atoms with Gasteiger partial charge in [0.2, 0.25) is 5.91 Å². The molecule has 8 nitrogen and oxygen atoms in total. The highest BCUT2D eigenvalue weighted by Gasteiger charge is 2.27. The molecule has 1 N–H and O–H groups in total. The van der Waals surface area contributed by atoms with Crippen LogP contribution >= 0.6 is 0 Å². The largest absolute Gasteiger partial charge is 0.355 e. The van der Waals surface area contributed by atoms with E-state index in [0.717, 1.165) is 24.7 Å². The number of rotatable bonds is 5. The first-order valence-corrected chi connectivity index (χ1v) is 11.7. The summed E-state index contributed by atoms with van der Waals surface area (Å²) < 4.78 is 23.1. The van der Waals surface area contributed by atoms with E-state index >= 15 is 0 Å². The molecule has 0 aliphatic carbocycles. The van der Waals surface area contributed by atoms with Crippen molar-refractivity contribution in [3.05, 3.63) is 53.1 Å². The average Bonchev–Trinajstić information content (AvgIpc) is 2.73. The summed E-state index contributed by atoms with van der Waals surface area (Å²) in [4.78, 5) is 35.6. The zero-order valence-electron chi connectivity index (χ0n) is 17.4. The van der Waals surface area contributed by atoms with Crippen LogP contribution in [0.5, 0.6) is 0 Å². The quantitative estimate of drug-likeness (QED) is 0.770. The van der Waals surface area contributed by atoms with Gasteiger partial charge in [0.1, 0.15) is 5.82 Å². The second kappa shape index (κ2) is 8.91. The fourth-order valence-corrected chi connectivity index (χ4v) is 4.23. The van der Waals surface area contributed by atoms with E-state index in [1.165, 1.54) is 12.1 Å². The van der Waals surface area contributed by atoms with Crippen molar-refractivity contribution in [1.29, 1.82) is 0 Å². The molecule has 2 amide bonds. The molecule has 1 aliphatic rings. The van der Waals surface area contributed by atoms with Gasteiger partial charge in [-0.2, -0.15) is 0 Å². The molecule has 2 aromatic rings. The molecule has 1 saturated heterocycles. The fraction of sp³-hybridized carbons (Fsp3) is 0.429. The minimum Gasteiger partial charge on any atom is -0.355 e. The van der Waals surface area contributed by atoms with Crippen LogP contribution in [0, 0.1) is 6.92 Å². The Morgan fingerprint density at radius 3 is 2.53 bits per heavy atom. The molecule has 1 aromatic heterocycles. The predicted octanol–water partition coefficient (Wildman–Crippen LogP) is 1.50. The van der Waals surface area contributed by atoms with Crippen LogP contribution in [0.25, 0.3) is 0 Å². The number of amides is 2. The van der Waals surface area contributed by atoms with E-state index in [4.69, 9.17) is 0 Å². The molecular formula is C21H26N4O4S. The summed E-state index contributed by atoms with van der Waals surface area (Å²) in [6.45, 7) is 2.98. The third-order valence-corrected chi connectivity index (χ3v) is 6.44. The third-order valence-electron chi connectivity index (χ3n) is 5.32. The van der Waals surface area contributed by atoms with E-state index in [0.29, 0.717) is 30.2 Å². The van der Waals surface area contributed by atoms with E-state index < -0.39 is 9.84 Å². The number of carbonyl (C=O) groups excluding carboxylic acids is 2. The standard InChI is InChI=1S/C21H26N4O4S/c1-14-18(21(27)22-2)12-23-20(24-14)16-5-4-10-25(13-16)19(26)11-15-6-8-17(9-7-15)30(3,28)29/h6-9,12,16H,4-5,10-11,13H2,1-3H3,(H,22,27). The van der Waals surface area contributed by atoms with E-state index in [1.807, 2.05) is 4.90 Å². The lowest BCUT2D eigenvalue weighted by atomic mass is 9.96. The molecule has 1 unspecified atom stereocenters. The van der Waals surface area contributed by atoms with Gasteiger partial charge in [0.15, 0.2) is 9.84 Å². The second-order valence-corrected chi connectivity index (χ2v) is 9.59. The van der Waals surface area contributed by atoms with E-state index in [9.17, 15) is 18.0 Å². The zero-order chi connectivity index (χ0) is 21.9. The lowest BCUT2D eigenvalue weighted by molar-refractivity contribution is -0.131. The zero-order valence-corrected chi connectivity index (χ0v) is 18.2. The summed E-state index contributed by atoms with van der Waals surface area (Å²) in [5.74, 6) is 0.440. The van der Waals surface area contributed by atoms with Crippen LogP contribution < -0.4 is 5.32 Å². The summed E-state index contributed by atoms with van der Waals surface area (Å²) >= 11 is 0. The summed E-state index contributed by atoms with van der Waals surface area (Å²) in [5, 5.41) is 2.57. The Bertz CT molecular complexity index is 1050. The maximum absolute atomic E-state index is 12.8. The van der Waals surface area contributed by atoms with Gasteiger partial charge in [-0.25, -0.2) is 18.4 Å². The van der Waals surface area contributed by atoms with Gasteiger partial charge >= 0.3 is 0 Å². The molecule has 0 spiro atoms. The number of nitrogens with one attached hydrogen (secondary N) is 1. The summed E-state index contributed by atoms with van der Waals surface area (Å²) in [6, 6.07) is 6.42. The van der Waals surface area contributed by atoms with Crippen LogP contribution in [-0.2, 0) is 21.1 Å². The van der Waals surface area contributed by atoms with Crippen molar-refractivity contribution in [2.45, 2.75) is 37.0 Å². The Hall–Kier alpha value is -2.81. The van der Waals surface area contributed by atoms with Crippen molar-refractivity contribution in [3.8, 4) is 0 Å². The van der Waals surface area contributed by atoms with E-state index in [1.54, 1.807) is 32.3 Å². The minimum atomic E-state index is -3.25. The van der Waals surface area contributed by atoms with Gasteiger partial charge in [-0.15, -0.1) is 0 Å². The molecule has 30 heavy (non-hydrogen) atoms. The molecule has 0 bridgehead atoms. The number of hydrogen-bond donors (Lipinski definition) is 1. The summed E-state index contributed by atoms with van der Waals surface area (Å²) in [7, 11) is -1.69. The van der Waals surface area contributed by atoms with Crippen molar-refractivity contribution >= 4 is 21.7 Å². The van der Waals surface area contributed by atoms with Crippen molar-refractivity contribution < 1.29 is 18.0 Å². The van der Waals surface area contributed by atoms with Gasteiger partial charge in [0, 0.05) is 38.5 Å².